The number of sulfonamides is 1. The largest absolute Gasteiger partial charge is 0.334 e. The molecule has 0 spiro atoms. The Morgan fingerprint density at radius 3 is 2.57 bits per heavy atom. The maximum Gasteiger partial charge on any atom is 0.258 e. The zero-order valence-corrected chi connectivity index (χ0v) is 17.8. The van der Waals surface area contributed by atoms with Crippen LogP contribution in [0.5, 0.6) is 0 Å². The molecule has 7 nitrogen and oxygen atoms in total. The lowest BCUT2D eigenvalue weighted by atomic mass is 10.1. The van der Waals surface area contributed by atoms with Gasteiger partial charge in [0.1, 0.15) is 0 Å². The molecule has 0 atom stereocenters. The molecule has 3 heterocycles. The highest BCUT2D eigenvalue weighted by Gasteiger charge is 2.29. The number of nitrogens with zero attached hydrogens (tertiary/aromatic N) is 4. The molecule has 1 aliphatic heterocycles. The summed E-state index contributed by atoms with van der Waals surface area (Å²) in [5.74, 6) is 1.13. The molecule has 1 saturated heterocycles. The van der Waals surface area contributed by atoms with Crippen molar-refractivity contribution in [3.63, 3.8) is 0 Å². The van der Waals surface area contributed by atoms with Crippen molar-refractivity contribution in [1.29, 1.82) is 0 Å². The second-order valence-corrected chi connectivity index (χ2v) is 9.93. The zero-order valence-electron chi connectivity index (χ0n) is 16.1. The normalized spacial score (nSPS) is 16.3. The van der Waals surface area contributed by atoms with Crippen molar-refractivity contribution in [2.45, 2.75) is 11.4 Å². The van der Waals surface area contributed by atoms with Gasteiger partial charge in [-0.25, -0.2) is 8.42 Å². The third kappa shape index (κ3) is 3.77. The Morgan fingerprint density at radius 1 is 1.00 bits per heavy atom. The van der Waals surface area contributed by atoms with Gasteiger partial charge in [-0.1, -0.05) is 35.5 Å². The lowest BCUT2D eigenvalue weighted by molar-refractivity contribution is 0.176. The average molecular weight is 441 g/mol. The van der Waals surface area contributed by atoms with E-state index in [-0.39, 0.29) is 0 Å². The van der Waals surface area contributed by atoms with Crippen LogP contribution in [0.1, 0.15) is 5.82 Å². The quantitative estimate of drug-likeness (QED) is 0.473. The highest BCUT2D eigenvalue weighted by atomic mass is 32.2. The Labute approximate surface area is 178 Å². The number of benzene rings is 2. The number of hydrogen-bond donors (Lipinski definition) is 0. The van der Waals surface area contributed by atoms with Crippen molar-refractivity contribution in [2.75, 3.05) is 26.2 Å². The third-order valence-electron chi connectivity index (χ3n) is 5.29. The van der Waals surface area contributed by atoms with E-state index >= 15 is 0 Å². The fourth-order valence-corrected chi connectivity index (χ4v) is 5.71. The van der Waals surface area contributed by atoms with Crippen LogP contribution in [0.2, 0.25) is 0 Å². The first-order valence-corrected chi connectivity index (χ1v) is 12.0. The fraction of sp³-hybridized carbons (Fsp3) is 0.238. The maximum absolute atomic E-state index is 13.1. The molecule has 0 saturated carbocycles. The summed E-state index contributed by atoms with van der Waals surface area (Å²) in [5, 5.41) is 9.95. The predicted molar refractivity (Wildman–Crippen MR) is 116 cm³/mol. The van der Waals surface area contributed by atoms with Crippen LogP contribution in [-0.2, 0) is 16.6 Å². The molecule has 2 aromatic carbocycles. The first-order valence-electron chi connectivity index (χ1n) is 9.66. The minimum absolute atomic E-state index is 0.341. The van der Waals surface area contributed by atoms with Gasteiger partial charge in [-0.15, -0.1) is 0 Å². The molecule has 4 aromatic rings. The van der Waals surface area contributed by atoms with Crippen molar-refractivity contribution >= 4 is 32.1 Å². The first kappa shape index (κ1) is 19.4. The molecular weight excluding hydrogens is 420 g/mol. The van der Waals surface area contributed by atoms with Gasteiger partial charge in [0.2, 0.25) is 10.0 Å². The monoisotopic (exact) mass is 440 g/mol. The van der Waals surface area contributed by atoms with Gasteiger partial charge in [0.25, 0.3) is 5.89 Å². The number of hydrogen-bond acceptors (Lipinski definition) is 7. The summed E-state index contributed by atoms with van der Waals surface area (Å²) in [4.78, 5) is 6.93. The molecule has 0 amide bonds. The highest BCUT2D eigenvalue weighted by Crippen LogP contribution is 2.24. The van der Waals surface area contributed by atoms with Crippen LogP contribution in [0.15, 0.2) is 68.7 Å². The Kier molecular flexibility index (Phi) is 5.11. The van der Waals surface area contributed by atoms with E-state index in [1.807, 2.05) is 47.2 Å². The van der Waals surface area contributed by atoms with Gasteiger partial charge in [0.15, 0.2) is 5.82 Å². The topological polar surface area (TPSA) is 79.5 Å². The highest BCUT2D eigenvalue weighted by molar-refractivity contribution is 7.89. The van der Waals surface area contributed by atoms with Crippen LogP contribution in [0.4, 0.5) is 0 Å². The van der Waals surface area contributed by atoms with E-state index in [9.17, 15) is 8.42 Å². The summed E-state index contributed by atoms with van der Waals surface area (Å²) in [6.45, 7) is 2.65. The molecule has 0 aliphatic carbocycles. The molecule has 154 valence electrons. The summed E-state index contributed by atoms with van der Waals surface area (Å²) in [6.07, 6.45) is 0. The molecule has 0 unspecified atom stereocenters. The standard InChI is InChI=1S/C21H20N4O3S2/c26-30(27,19-6-5-16-3-1-2-4-17(16)13-19)25-10-8-24(9-11-25)14-20-22-21(28-23-20)18-7-12-29-15-18/h1-7,12-13,15H,8-11,14H2. The predicted octanol–water partition coefficient (Wildman–Crippen LogP) is 3.46. The zero-order chi connectivity index (χ0) is 20.6. The number of thiophene rings is 1. The third-order valence-corrected chi connectivity index (χ3v) is 7.87. The Bertz CT molecular complexity index is 1260. The van der Waals surface area contributed by atoms with E-state index in [1.54, 1.807) is 27.8 Å². The summed E-state index contributed by atoms with van der Waals surface area (Å²) in [7, 11) is -3.52. The van der Waals surface area contributed by atoms with Crippen LogP contribution in [0.3, 0.4) is 0 Å². The van der Waals surface area contributed by atoms with E-state index < -0.39 is 10.0 Å². The molecule has 0 bridgehead atoms. The SMILES string of the molecule is O=S(=O)(c1ccc2ccccc2c1)N1CCN(Cc2noc(-c3ccsc3)n2)CC1. The van der Waals surface area contributed by atoms with Gasteiger partial charge < -0.3 is 4.52 Å². The Balaban J connectivity index is 1.24. The summed E-state index contributed by atoms with van der Waals surface area (Å²) in [6, 6.07) is 15.0. The van der Waals surface area contributed by atoms with Crippen molar-refractivity contribution in [2.24, 2.45) is 0 Å². The van der Waals surface area contributed by atoms with Gasteiger partial charge in [-0.3, -0.25) is 4.90 Å². The van der Waals surface area contributed by atoms with E-state index in [2.05, 4.69) is 15.0 Å². The van der Waals surface area contributed by atoms with Crippen LogP contribution in [0.25, 0.3) is 22.2 Å². The Hall–Kier alpha value is -2.59. The lowest BCUT2D eigenvalue weighted by Crippen LogP contribution is -2.48. The molecule has 30 heavy (non-hydrogen) atoms. The van der Waals surface area contributed by atoms with Crippen molar-refractivity contribution in [3.8, 4) is 11.5 Å². The average Bonchev–Trinajstić information content (AvgIpc) is 3.46. The summed E-state index contributed by atoms with van der Waals surface area (Å²) < 4.78 is 33.1. The molecular formula is C21H20N4O3S2. The molecule has 0 radical (unpaired) electrons. The minimum Gasteiger partial charge on any atom is -0.334 e. The molecule has 1 fully saturated rings. The van der Waals surface area contributed by atoms with Crippen molar-refractivity contribution in [3.05, 3.63) is 65.1 Å². The van der Waals surface area contributed by atoms with Crippen LogP contribution >= 0.6 is 11.3 Å². The minimum atomic E-state index is -3.52. The van der Waals surface area contributed by atoms with Gasteiger partial charge in [0.05, 0.1) is 17.0 Å². The van der Waals surface area contributed by atoms with Gasteiger partial charge in [-0.2, -0.15) is 20.6 Å². The fourth-order valence-electron chi connectivity index (χ4n) is 3.63. The van der Waals surface area contributed by atoms with Gasteiger partial charge in [0, 0.05) is 31.6 Å². The molecule has 9 heteroatoms. The van der Waals surface area contributed by atoms with Crippen LogP contribution in [0, 0.1) is 0 Å². The van der Waals surface area contributed by atoms with Crippen molar-refractivity contribution < 1.29 is 12.9 Å². The van der Waals surface area contributed by atoms with E-state index in [1.165, 1.54) is 0 Å². The van der Waals surface area contributed by atoms with Gasteiger partial charge in [-0.05, 0) is 34.4 Å². The van der Waals surface area contributed by atoms with E-state index in [0.717, 1.165) is 16.3 Å². The first-order chi connectivity index (χ1) is 14.6. The molecule has 0 N–H and O–H groups in total. The second-order valence-electron chi connectivity index (χ2n) is 7.22. The second kappa shape index (κ2) is 7.92. The van der Waals surface area contributed by atoms with Gasteiger partial charge >= 0.3 is 0 Å². The molecule has 2 aromatic heterocycles. The number of fused-ring (bicyclic) bond motifs is 1. The lowest BCUT2D eigenvalue weighted by Gasteiger charge is -2.33. The van der Waals surface area contributed by atoms with E-state index in [0.29, 0.717) is 49.3 Å². The van der Waals surface area contributed by atoms with Crippen LogP contribution < -0.4 is 0 Å². The number of piperazine rings is 1. The molecule has 1 aliphatic rings. The van der Waals surface area contributed by atoms with Crippen LogP contribution in [-0.4, -0.2) is 53.9 Å². The number of rotatable bonds is 5. The van der Waals surface area contributed by atoms with Crippen molar-refractivity contribution in [1.82, 2.24) is 19.3 Å². The summed E-state index contributed by atoms with van der Waals surface area (Å²) in [5.41, 5.74) is 0.921. The maximum atomic E-state index is 13.1. The number of aromatic nitrogens is 2. The summed E-state index contributed by atoms with van der Waals surface area (Å²) >= 11 is 1.58. The molecule has 5 rings (SSSR count). The smallest absolute Gasteiger partial charge is 0.258 e. The Morgan fingerprint density at radius 2 is 1.80 bits per heavy atom. The van der Waals surface area contributed by atoms with E-state index in [4.69, 9.17) is 4.52 Å².